The lowest BCUT2D eigenvalue weighted by Crippen LogP contribution is -2.30. The van der Waals surface area contributed by atoms with Gasteiger partial charge in [0.1, 0.15) is 10.6 Å². The van der Waals surface area contributed by atoms with Crippen molar-refractivity contribution in [3.63, 3.8) is 0 Å². The number of sulfonamides is 1. The molecule has 1 N–H and O–H groups in total. The van der Waals surface area contributed by atoms with Gasteiger partial charge >= 0.3 is 0 Å². The normalized spacial score (nSPS) is 11.2. The smallest absolute Gasteiger partial charge is 0.264 e. The van der Waals surface area contributed by atoms with Crippen molar-refractivity contribution in [2.45, 2.75) is 11.3 Å². The molecule has 0 aliphatic rings. The molecule has 2 aromatic carbocycles. The van der Waals surface area contributed by atoms with Gasteiger partial charge in [-0.1, -0.05) is 23.7 Å². The second-order valence-corrected chi connectivity index (χ2v) is 9.74. The van der Waals surface area contributed by atoms with Crippen LogP contribution in [-0.4, -0.2) is 35.0 Å². The van der Waals surface area contributed by atoms with E-state index in [1.165, 1.54) is 37.6 Å². The van der Waals surface area contributed by atoms with Gasteiger partial charge in [0.15, 0.2) is 0 Å². The van der Waals surface area contributed by atoms with Crippen LogP contribution >= 0.6 is 22.9 Å². The van der Waals surface area contributed by atoms with E-state index in [1.54, 1.807) is 35.7 Å². The second-order valence-electron chi connectivity index (χ2n) is 6.42. The Morgan fingerprint density at radius 1 is 1.10 bits per heavy atom. The number of carbonyl (C=O) groups excluding carboxylic acids is 1. The molecule has 1 heterocycles. The van der Waals surface area contributed by atoms with Crippen molar-refractivity contribution in [1.82, 2.24) is 5.32 Å². The zero-order chi connectivity index (χ0) is 21.7. The minimum absolute atomic E-state index is 0.117. The van der Waals surface area contributed by atoms with E-state index in [4.69, 9.17) is 16.3 Å². The second kappa shape index (κ2) is 9.51. The van der Waals surface area contributed by atoms with Crippen molar-refractivity contribution in [2.24, 2.45) is 0 Å². The van der Waals surface area contributed by atoms with Crippen molar-refractivity contribution in [2.75, 3.05) is 25.0 Å². The quantitative estimate of drug-likeness (QED) is 0.542. The summed E-state index contributed by atoms with van der Waals surface area (Å²) < 4.78 is 32.2. The molecular weight excluding hydrogens is 444 g/mol. The summed E-state index contributed by atoms with van der Waals surface area (Å²) in [5.74, 6) is 0.249. The lowest BCUT2D eigenvalue weighted by molar-refractivity contribution is 0.0959. The van der Waals surface area contributed by atoms with Crippen molar-refractivity contribution in [3.8, 4) is 5.75 Å². The number of anilines is 1. The van der Waals surface area contributed by atoms with Gasteiger partial charge in [-0.05, 0) is 59.8 Å². The van der Waals surface area contributed by atoms with E-state index in [9.17, 15) is 13.2 Å². The van der Waals surface area contributed by atoms with Crippen LogP contribution in [0.1, 0.15) is 15.2 Å². The lowest BCUT2D eigenvalue weighted by Gasteiger charge is -2.20. The number of hydrogen-bond donors (Lipinski definition) is 1. The predicted molar refractivity (Wildman–Crippen MR) is 120 cm³/mol. The van der Waals surface area contributed by atoms with Crippen LogP contribution < -0.4 is 14.4 Å². The van der Waals surface area contributed by atoms with Crippen LogP contribution in [0.3, 0.4) is 0 Å². The molecule has 0 saturated heterocycles. The Morgan fingerprint density at radius 2 is 1.77 bits per heavy atom. The number of rotatable bonds is 8. The van der Waals surface area contributed by atoms with Gasteiger partial charge in [-0.2, -0.15) is 0 Å². The van der Waals surface area contributed by atoms with Crippen LogP contribution in [0.4, 0.5) is 5.69 Å². The largest absolute Gasteiger partial charge is 0.497 e. The van der Waals surface area contributed by atoms with Gasteiger partial charge in [0.2, 0.25) is 0 Å². The molecule has 30 heavy (non-hydrogen) atoms. The molecule has 0 atom stereocenters. The number of carbonyl (C=O) groups is 1. The number of thiophene rings is 1. The zero-order valence-corrected chi connectivity index (χ0v) is 18.9. The first-order chi connectivity index (χ1) is 14.3. The van der Waals surface area contributed by atoms with Crippen molar-refractivity contribution in [3.05, 3.63) is 75.4 Å². The number of amides is 1. The van der Waals surface area contributed by atoms with E-state index in [0.717, 1.165) is 9.87 Å². The van der Waals surface area contributed by atoms with E-state index >= 15 is 0 Å². The Balaban J connectivity index is 1.71. The first-order valence-corrected chi connectivity index (χ1v) is 11.8. The third-order valence-corrected chi connectivity index (χ3v) is 7.46. The van der Waals surface area contributed by atoms with Crippen LogP contribution in [-0.2, 0) is 16.4 Å². The number of hydrogen-bond acceptors (Lipinski definition) is 5. The summed E-state index contributed by atoms with van der Waals surface area (Å²) in [5, 5.41) is 5.21. The maximum absolute atomic E-state index is 13.0. The minimum Gasteiger partial charge on any atom is -0.497 e. The van der Waals surface area contributed by atoms with Gasteiger partial charge in [-0.15, -0.1) is 11.3 Å². The molecule has 0 spiro atoms. The van der Waals surface area contributed by atoms with Gasteiger partial charge in [-0.3, -0.25) is 9.10 Å². The molecule has 0 aliphatic carbocycles. The molecule has 9 heteroatoms. The number of nitrogens with zero attached hydrogens (tertiary/aromatic N) is 1. The third kappa shape index (κ3) is 4.95. The molecule has 3 rings (SSSR count). The molecule has 0 bridgehead atoms. The van der Waals surface area contributed by atoms with Crippen molar-refractivity contribution < 1.29 is 17.9 Å². The number of halogens is 1. The van der Waals surface area contributed by atoms with E-state index in [1.807, 2.05) is 12.1 Å². The highest BCUT2D eigenvalue weighted by Gasteiger charge is 2.26. The van der Waals surface area contributed by atoms with E-state index in [0.29, 0.717) is 34.3 Å². The Kier molecular flexibility index (Phi) is 7.02. The van der Waals surface area contributed by atoms with Gasteiger partial charge in [0.05, 0.1) is 17.7 Å². The van der Waals surface area contributed by atoms with E-state index in [2.05, 4.69) is 5.32 Å². The maximum atomic E-state index is 13.0. The summed E-state index contributed by atoms with van der Waals surface area (Å²) in [6.07, 6.45) is 0.642. The van der Waals surface area contributed by atoms with Crippen LogP contribution in [0.2, 0.25) is 5.02 Å². The Labute approximate surface area is 185 Å². The first-order valence-electron chi connectivity index (χ1n) is 9.06. The van der Waals surface area contributed by atoms with Crippen molar-refractivity contribution >= 4 is 44.6 Å². The first kappa shape index (κ1) is 22.1. The molecule has 6 nitrogen and oxygen atoms in total. The summed E-state index contributed by atoms with van der Waals surface area (Å²) in [6, 6.07) is 15.1. The summed E-state index contributed by atoms with van der Waals surface area (Å²) in [5.41, 5.74) is 1.38. The topological polar surface area (TPSA) is 75.7 Å². The Morgan fingerprint density at radius 3 is 2.40 bits per heavy atom. The molecule has 0 unspecified atom stereocenters. The van der Waals surface area contributed by atoms with Crippen LogP contribution in [0.25, 0.3) is 0 Å². The maximum Gasteiger partial charge on any atom is 0.264 e. The Hall–Kier alpha value is -2.55. The summed E-state index contributed by atoms with van der Waals surface area (Å²) in [4.78, 5) is 13.1. The molecule has 0 saturated carbocycles. The highest BCUT2D eigenvalue weighted by atomic mass is 35.5. The molecule has 1 aromatic heterocycles. The highest BCUT2D eigenvalue weighted by molar-refractivity contribution is 7.92. The van der Waals surface area contributed by atoms with Gasteiger partial charge < -0.3 is 10.1 Å². The number of nitrogens with one attached hydrogen (secondary N) is 1. The zero-order valence-electron chi connectivity index (χ0n) is 16.5. The molecular formula is C21H21ClN2O4S2. The highest BCUT2D eigenvalue weighted by Crippen LogP contribution is 2.30. The summed E-state index contributed by atoms with van der Waals surface area (Å²) >= 11 is 7.07. The molecule has 0 aliphatic heterocycles. The fourth-order valence-electron chi connectivity index (χ4n) is 2.81. The molecule has 0 radical (unpaired) electrons. The predicted octanol–water partition coefficient (Wildman–Crippen LogP) is 4.21. The van der Waals surface area contributed by atoms with E-state index in [-0.39, 0.29) is 10.8 Å². The van der Waals surface area contributed by atoms with Gasteiger partial charge in [0.25, 0.3) is 15.9 Å². The molecule has 158 valence electrons. The van der Waals surface area contributed by atoms with Crippen LogP contribution in [0, 0.1) is 0 Å². The molecule has 1 amide bonds. The average molecular weight is 465 g/mol. The fraction of sp³-hybridized carbons (Fsp3) is 0.190. The number of methoxy groups -OCH3 is 1. The molecule has 3 aromatic rings. The molecule has 0 fully saturated rings. The lowest BCUT2D eigenvalue weighted by atomic mass is 10.1. The SMILES string of the molecule is COc1ccc(S(=O)(=O)N(C)c2ccsc2C(=O)NCCc2ccc(Cl)cc2)cc1. The van der Waals surface area contributed by atoms with Gasteiger partial charge in [-0.25, -0.2) is 8.42 Å². The van der Waals surface area contributed by atoms with E-state index < -0.39 is 10.0 Å². The minimum atomic E-state index is -3.82. The third-order valence-electron chi connectivity index (χ3n) is 4.52. The van der Waals surface area contributed by atoms with Crippen LogP contribution in [0.5, 0.6) is 5.75 Å². The number of ether oxygens (including phenoxy) is 1. The summed E-state index contributed by atoms with van der Waals surface area (Å²) in [7, 11) is -0.869. The Bertz CT molecular complexity index is 1110. The van der Waals surface area contributed by atoms with Crippen LogP contribution in [0.15, 0.2) is 64.9 Å². The van der Waals surface area contributed by atoms with Gasteiger partial charge in [0, 0.05) is 18.6 Å². The summed E-state index contributed by atoms with van der Waals surface area (Å²) in [6.45, 7) is 0.423. The fourth-order valence-corrected chi connectivity index (χ4v) is 5.04. The van der Waals surface area contributed by atoms with Crippen molar-refractivity contribution in [1.29, 1.82) is 0 Å². The standard InChI is InChI=1S/C21H21ClN2O4S2/c1-24(30(26,27)18-9-7-17(28-2)8-10-18)19-12-14-29-20(19)21(25)23-13-11-15-3-5-16(22)6-4-15/h3-10,12,14H,11,13H2,1-2H3,(H,23,25). The monoisotopic (exact) mass is 464 g/mol. The number of benzene rings is 2. The average Bonchev–Trinajstić information content (AvgIpc) is 3.24.